The molecule has 0 bridgehead atoms. The molecule has 2 N–H and O–H groups in total. The summed E-state index contributed by atoms with van der Waals surface area (Å²) in [6, 6.07) is 9.93. The van der Waals surface area contributed by atoms with E-state index in [9.17, 15) is 4.79 Å². The van der Waals surface area contributed by atoms with Crippen molar-refractivity contribution in [2.24, 2.45) is 7.05 Å². The molecule has 4 nitrogen and oxygen atoms in total. The third kappa shape index (κ3) is 3.20. The van der Waals surface area contributed by atoms with Crippen LogP contribution in [0, 0.1) is 13.8 Å². The molecular formula is C16H21N3O. The van der Waals surface area contributed by atoms with E-state index in [4.69, 9.17) is 0 Å². The van der Waals surface area contributed by atoms with Gasteiger partial charge in [0.15, 0.2) is 0 Å². The van der Waals surface area contributed by atoms with Gasteiger partial charge in [0, 0.05) is 43.3 Å². The predicted molar refractivity (Wildman–Crippen MR) is 83.0 cm³/mol. The quantitative estimate of drug-likeness (QED) is 0.897. The largest absolute Gasteiger partial charge is 0.381 e. The van der Waals surface area contributed by atoms with Crippen molar-refractivity contribution in [1.29, 1.82) is 0 Å². The van der Waals surface area contributed by atoms with E-state index >= 15 is 0 Å². The van der Waals surface area contributed by atoms with Crippen LogP contribution in [0.5, 0.6) is 0 Å². The zero-order valence-corrected chi connectivity index (χ0v) is 12.4. The number of carbonyl (C=O) groups is 1. The van der Waals surface area contributed by atoms with E-state index in [1.165, 1.54) is 23.9 Å². The molecule has 1 amide bonds. The standard InChI is InChI=1S/C16H21N3O/c1-11-8-14(12(2)19(11)4)10-17-15-6-5-7-16(9-15)18-13(3)20/h5-9,17H,10H2,1-4H3,(H,18,20). The zero-order chi connectivity index (χ0) is 14.7. The van der Waals surface area contributed by atoms with Gasteiger partial charge in [0.25, 0.3) is 0 Å². The van der Waals surface area contributed by atoms with Crippen LogP contribution in [-0.4, -0.2) is 10.5 Å². The van der Waals surface area contributed by atoms with E-state index in [1.54, 1.807) is 0 Å². The summed E-state index contributed by atoms with van der Waals surface area (Å²) in [6.07, 6.45) is 0. The number of nitrogens with zero attached hydrogens (tertiary/aromatic N) is 1. The molecule has 4 heteroatoms. The summed E-state index contributed by atoms with van der Waals surface area (Å²) in [6.45, 7) is 6.51. The number of aryl methyl sites for hydroxylation is 1. The summed E-state index contributed by atoms with van der Waals surface area (Å²) in [5.74, 6) is -0.0586. The van der Waals surface area contributed by atoms with Gasteiger partial charge >= 0.3 is 0 Å². The molecule has 0 fully saturated rings. The van der Waals surface area contributed by atoms with E-state index in [0.717, 1.165) is 17.9 Å². The summed E-state index contributed by atoms with van der Waals surface area (Å²) < 4.78 is 2.19. The van der Waals surface area contributed by atoms with Crippen molar-refractivity contribution in [1.82, 2.24) is 4.57 Å². The maximum atomic E-state index is 11.1. The lowest BCUT2D eigenvalue weighted by Gasteiger charge is -2.09. The molecule has 0 aliphatic carbocycles. The molecule has 0 aliphatic rings. The van der Waals surface area contributed by atoms with E-state index in [0.29, 0.717) is 0 Å². The first-order valence-corrected chi connectivity index (χ1v) is 6.70. The van der Waals surface area contributed by atoms with Crippen LogP contribution in [0.4, 0.5) is 11.4 Å². The Morgan fingerprint density at radius 1 is 1.20 bits per heavy atom. The fourth-order valence-electron chi connectivity index (χ4n) is 2.22. The van der Waals surface area contributed by atoms with Crippen molar-refractivity contribution < 1.29 is 4.79 Å². The van der Waals surface area contributed by atoms with Gasteiger partial charge in [0.2, 0.25) is 5.91 Å². The number of aromatic nitrogens is 1. The number of hydrogen-bond acceptors (Lipinski definition) is 2. The number of carbonyl (C=O) groups excluding carboxylic acids is 1. The molecule has 0 radical (unpaired) electrons. The van der Waals surface area contributed by atoms with Gasteiger partial charge in [0.1, 0.15) is 0 Å². The van der Waals surface area contributed by atoms with Gasteiger partial charge in [-0.1, -0.05) is 6.07 Å². The normalized spacial score (nSPS) is 10.4. The SMILES string of the molecule is CC(=O)Nc1cccc(NCc2cc(C)n(C)c2C)c1. The first-order chi connectivity index (χ1) is 9.47. The minimum absolute atomic E-state index is 0.0586. The summed E-state index contributed by atoms with van der Waals surface area (Å²) in [4.78, 5) is 11.1. The Morgan fingerprint density at radius 3 is 2.50 bits per heavy atom. The Hall–Kier alpha value is -2.23. The van der Waals surface area contributed by atoms with Crippen LogP contribution < -0.4 is 10.6 Å². The smallest absolute Gasteiger partial charge is 0.221 e. The summed E-state index contributed by atoms with van der Waals surface area (Å²) in [5, 5.41) is 6.18. The van der Waals surface area contributed by atoms with Crippen LogP contribution in [0.25, 0.3) is 0 Å². The molecular weight excluding hydrogens is 250 g/mol. The van der Waals surface area contributed by atoms with Gasteiger partial charge in [-0.05, 0) is 43.7 Å². The number of rotatable bonds is 4. The highest BCUT2D eigenvalue weighted by Gasteiger charge is 2.05. The lowest BCUT2D eigenvalue weighted by molar-refractivity contribution is -0.114. The first-order valence-electron chi connectivity index (χ1n) is 6.70. The van der Waals surface area contributed by atoms with E-state index in [-0.39, 0.29) is 5.91 Å². The molecule has 0 atom stereocenters. The Kier molecular flexibility index (Phi) is 4.13. The number of benzene rings is 1. The molecule has 106 valence electrons. The second-order valence-electron chi connectivity index (χ2n) is 5.07. The maximum Gasteiger partial charge on any atom is 0.221 e. The Balaban J connectivity index is 2.07. The Morgan fingerprint density at radius 2 is 1.90 bits per heavy atom. The molecule has 0 saturated heterocycles. The van der Waals surface area contributed by atoms with E-state index in [1.807, 2.05) is 24.3 Å². The van der Waals surface area contributed by atoms with Crippen molar-refractivity contribution in [3.8, 4) is 0 Å². The van der Waals surface area contributed by atoms with Crippen LogP contribution >= 0.6 is 0 Å². The molecule has 20 heavy (non-hydrogen) atoms. The number of hydrogen-bond donors (Lipinski definition) is 2. The molecule has 0 saturated carbocycles. The number of nitrogens with one attached hydrogen (secondary N) is 2. The minimum atomic E-state index is -0.0586. The van der Waals surface area contributed by atoms with Gasteiger partial charge in [-0.3, -0.25) is 4.79 Å². The van der Waals surface area contributed by atoms with Crippen LogP contribution in [0.1, 0.15) is 23.9 Å². The van der Waals surface area contributed by atoms with Crippen molar-refractivity contribution in [3.63, 3.8) is 0 Å². The number of anilines is 2. The molecule has 1 aromatic heterocycles. The molecule has 1 aromatic carbocycles. The van der Waals surface area contributed by atoms with Crippen molar-refractivity contribution in [2.45, 2.75) is 27.3 Å². The van der Waals surface area contributed by atoms with Gasteiger partial charge in [0.05, 0.1) is 0 Å². The molecule has 2 aromatic rings. The first kappa shape index (κ1) is 14.2. The average molecular weight is 271 g/mol. The predicted octanol–water partition coefficient (Wildman–Crippen LogP) is 3.21. The van der Waals surface area contributed by atoms with Gasteiger partial charge in [-0.15, -0.1) is 0 Å². The zero-order valence-electron chi connectivity index (χ0n) is 12.4. The van der Waals surface area contributed by atoms with Crippen LogP contribution in [0.15, 0.2) is 30.3 Å². The minimum Gasteiger partial charge on any atom is -0.381 e. The second-order valence-corrected chi connectivity index (χ2v) is 5.07. The van der Waals surface area contributed by atoms with E-state index in [2.05, 4.69) is 42.2 Å². The van der Waals surface area contributed by atoms with Crippen LogP contribution in [-0.2, 0) is 18.4 Å². The highest BCUT2D eigenvalue weighted by Crippen LogP contribution is 2.18. The molecule has 0 aliphatic heterocycles. The summed E-state index contributed by atoms with van der Waals surface area (Å²) in [7, 11) is 2.07. The highest BCUT2D eigenvalue weighted by atomic mass is 16.1. The molecule has 0 unspecified atom stereocenters. The Bertz CT molecular complexity index is 629. The van der Waals surface area contributed by atoms with Crippen molar-refractivity contribution >= 4 is 17.3 Å². The van der Waals surface area contributed by atoms with Gasteiger partial charge < -0.3 is 15.2 Å². The monoisotopic (exact) mass is 271 g/mol. The average Bonchev–Trinajstić information content (AvgIpc) is 2.64. The van der Waals surface area contributed by atoms with Gasteiger partial charge in [-0.25, -0.2) is 0 Å². The third-order valence-corrected chi connectivity index (χ3v) is 3.55. The van der Waals surface area contributed by atoms with Crippen LogP contribution in [0.2, 0.25) is 0 Å². The summed E-state index contributed by atoms with van der Waals surface area (Å²) >= 11 is 0. The lowest BCUT2D eigenvalue weighted by atomic mass is 10.2. The lowest BCUT2D eigenvalue weighted by Crippen LogP contribution is -2.06. The van der Waals surface area contributed by atoms with Crippen molar-refractivity contribution in [3.05, 3.63) is 47.3 Å². The van der Waals surface area contributed by atoms with Crippen LogP contribution in [0.3, 0.4) is 0 Å². The van der Waals surface area contributed by atoms with Gasteiger partial charge in [-0.2, -0.15) is 0 Å². The maximum absolute atomic E-state index is 11.1. The second kappa shape index (κ2) is 5.82. The molecule has 2 rings (SSSR count). The third-order valence-electron chi connectivity index (χ3n) is 3.55. The molecule has 1 heterocycles. The molecule has 0 spiro atoms. The Labute approximate surface area is 119 Å². The van der Waals surface area contributed by atoms with Crippen molar-refractivity contribution in [2.75, 3.05) is 10.6 Å². The number of amides is 1. The fourth-order valence-corrected chi connectivity index (χ4v) is 2.22. The highest BCUT2D eigenvalue weighted by molar-refractivity contribution is 5.89. The van der Waals surface area contributed by atoms with E-state index < -0.39 is 0 Å². The summed E-state index contributed by atoms with van der Waals surface area (Å²) in [5.41, 5.74) is 5.62. The topological polar surface area (TPSA) is 46.1 Å². The fraction of sp³-hybridized carbons (Fsp3) is 0.312.